The van der Waals surface area contributed by atoms with Crippen LogP contribution in [-0.2, 0) is 0 Å². The molecule has 5 heteroatoms. The van der Waals surface area contributed by atoms with Gasteiger partial charge in [0.2, 0.25) is 5.88 Å². The summed E-state index contributed by atoms with van der Waals surface area (Å²) in [7, 11) is 0. The first-order chi connectivity index (χ1) is 4.83. The van der Waals surface area contributed by atoms with Crippen molar-refractivity contribution in [3.63, 3.8) is 0 Å². The fourth-order valence-corrected chi connectivity index (χ4v) is 0.548. The minimum absolute atomic E-state index is 0.0562. The highest BCUT2D eigenvalue weighted by molar-refractivity contribution is 5.31. The summed E-state index contributed by atoms with van der Waals surface area (Å²) < 4.78 is 4.83. The third-order valence-corrected chi connectivity index (χ3v) is 0.935. The normalized spacial score (nSPS) is 9.70. The Kier molecular flexibility index (Phi) is 2.11. The molecule has 0 bridgehead atoms. The number of nitrogens with one attached hydrogen (secondary N) is 1. The van der Waals surface area contributed by atoms with Gasteiger partial charge in [-0.05, 0) is 0 Å². The monoisotopic (exact) mass is 143 g/mol. The lowest BCUT2D eigenvalue weighted by Crippen LogP contribution is -2.04. The Labute approximate surface area is 57.9 Å². The zero-order valence-electron chi connectivity index (χ0n) is 5.37. The first-order valence-electron chi connectivity index (χ1n) is 2.89. The van der Waals surface area contributed by atoms with Crippen LogP contribution in [0.5, 0.6) is 0 Å². The summed E-state index contributed by atoms with van der Waals surface area (Å²) in [5.41, 5.74) is 5.17. The molecule has 0 spiro atoms. The summed E-state index contributed by atoms with van der Waals surface area (Å²) in [5, 5.41) is 11.1. The van der Waals surface area contributed by atoms with Crippen molar-refractivity contribution in [1.82, 2.24) is 4.98 Å². The van der Waals surface area contributed by atoms with Gasteiger partial charge in [0.15, 0.2) is 0 Å². The number of aliphatic hydroxyl groups excluding tert-OH is 1. The van der Waals surface area contributed by atoms with Crippen molar-refractivity contribution in [3.8, 4) is 0 Å². The summed E-state index contributed by atoms with van der Waals surface area (Å²) in [6.07, 6.45) is 1.46. The maximum Gasteiger partial charge on any atom is 0.293 e. The maximum atomic E-state index is 8.38. The molecule has 0 saturated heterocycles. The summed E-state index contributed by atoms with van der Waals surface area (Å²) in [4.78, 5) is 3.64. The van der Waals surface area contributed by atoms with Crippen molar-refractivity contribution < 1.29 is 9.52 Å². The van der Waals surface area contributed by atoms with Gasteiger partial charge in [0.1, 0.15) is 0 Å². The number of rotatable bonds is 3. The van der Waals surface area contributed by atoms with E-state index in [0.717, 1.165) is 0 Å². The van der Waals surface area contributed by atoms with E-state index in [9.17, 15) is 0 Å². The molecule has 10 heavy (non-hydrogen) atoms. The number of hydrogen-bond donors (Lipinski definition) is 3. The zero-order chi connectivity index (χ0) is 7.40. The number of aromatic nitrogens is 1. The van der Waals surface area contributed by atoms with Crippen LogP contribution in [-0.4, -0.2) is 23.2 Å². The smallest absolute Gasteiger partial charge is 0.293 e. The van der Waals surface area contributed by atoms with Gasteiger partial charge in [0, 0.05) is 6.54 Å². The number of anilines is 2. The molecule has 5 nitrogen and oxygen atoms in total. The third-order valence-electron chi connectivity index (χ3n) is 0.935. The van der Waals surface area contributed by atoms with Crippen LogP contribution in [0.4, 0.5) is 11.9 Å². The van der Waals surface area contributed by atoms with Gasteiger partial charge >= 0.3 is 0 Å². The predicted molar refractivity (Wildman–Crippen MR) is 36.5 cm³/mol. The van der Waals surface area contributed by atoms with Gasteiger partial charge in [-0.1, -0.05) is 0 Å². The average Bonchev–Trinajstić information content (AvgIpc) is 2.31. The lowest BCUT2D eigenvalue weighted by atomic mass is 10.6. The number of hydrogen-bond acceptors (Lipinski definition) is 5. The summed E-state index contributed by atoms with van der Waals surface area (Å²) >= 11 is 0. The van der Waals surface area contributed by atoms with E-state index >= 15 is 0 Å². The number of nitrogen functional groups attached to an aromatic ring is 1. The molecule has 0 amide bonds. The van der Waals surface area contributed by atoms with Crippen LogP contribution in [0, 0.1) is 0 Å². The fraction of sp³-hybridized carbons (Fsp3) is 0.400. The Balaban J connectivity index is 2.42. The molecule has 0 aromatic carbocycles. The molecule has 1 aromatic heterocycles. The van der Waals surface area contributed by atoms with Crippen molar-refractivity contribution in [2.45, 2.75) is 0 Å². The van der Waals surface area contributed by atoms with Gasteiger partial charge in [-0.15, -0.1) is 0 Å². The van der Waals surface area contributed by atoms with Crippen molar-refractivity contribution in [2.24, 2.45) is 0 Å². The van der Waals surface area contributed by atoms with Gasteiger partial charge in [-0.3, -0.25) is 0 Å². The molecule has 0 fully saturated rings. The van der Waals surface area contributed by atoms with Crippen LogP contribution in [0.25, 0.3) is 0 Å². The Hall–Kier alpha value is -1.23. The Morgan fingerprint density at radius 1 is 1.80 bits per heavy atom. The van der Waals surface area contributed by atoms with E-state index in [1.165, 1.54) is 6.20 Å². The average molecular weight is 143 g/mol. The van der Waals surface area contributed by atoms with E-state index in [2.05, 4.69) is 10.3 Å². The summed E-state index contributed by atoms with van der Waals surface area (Å²) in [5.74, 6) is 0.478. The standard InChI is InChI=1S/C5H9N3O2/c6-5-8-3-4(10-5)7-1-2-9/h3,7,9H,1-2H2,(H2,6,8). The van der Waals surface area contributed by atoms with E-state index in [0.29, 0.717) is 12.4 Å². The quantitative estimate of drug-likeness (QED) is 0.539. The molecule has 0 saturated carbocycles. The van der Waals surface area contributed by atoms with E-state index in [-0.39, 0.29) is 12.6 Å². The molecular formula is C5H9N3O2. The molecule has 0 aliphatic heterocycles. The first-order valence-corrected chi connectivity index (χ1v) is 2.89. The minimum Gasteiger partial charge on any atom is -0.408 e. The number of aliphatic hydroxyl groups is 1. The van der Waals surface area contributed by atoms with E-state index in [1.807, 2.05) is 0 Å². The molecule has 0 atom stereocenters. The zero-order valence-corrected chi connectivity index (χ0v) is 5.37. The molecule has 0 aliphatic carbocycles. The molecule has 56 valence electrons. The molecular weight excluding hydrogens is 134 g/mol. The van der Waals surface area contributed by atoms with Gasteiger partial charge in [-0.2, -0.15) is 0 Å². The van der Waals surface area contributed by atoms with Gasteiger partial charge < -0.3 is 20.6 Å². The minimum atomic E-state index is 0.0562. The van der Waals surface area contributed by atoms with Crippen LogP contribution in [0.2, 0.25) is 0 Å². The van der Waals surface area contributed by atoms with Crippen molar-refractivity contribution in [3.05, 3.63) is 6.20 Å². The molecule has 0 unspecified atom stereocenters. The highest BCUT2D eigenvalue weighted by atomic mass is 16.4. The number of oxazole rings is 1. The third kappa shape index (κ3) is 1.63. The molecule has 4 N–H and O–H groups in total. The van der Waals surface area contributed by atoms with Crippen LogP contribution in [0.15, 0.2) is 10.6 Å². The highest BCUT2D eigenvalue weighted by Gasteiger charge is 1.96. The fourth-order valence-electron chi connectivity index (χ4n) is 0.548. The predicted octanol–water partition coefficient (Wildman–Crippen LogP) is -0.339. The van der Waals surface area contributed by atoms with Gasteiger partial charge in [-0.25, -0.2) is 4.98 Å². The van der Waals surface area contributed by atoms with Gasteiger partial charge in [0.05, 0.1) is 12.8 Å². The maximum absolute atomic E-state index is 8.38. The van der Waals surface area contributed by atoms with Crippen LogP contribution in [0.3, 0.4) is 0 Å². The largest absolute Gasteiger partial charge is 0.408 e. The lowest BCUT2D eigenvalue weighted by molar-refractivity contribution is 0.310. The summed E-state index contributed by atoms with van der Waals surface area (Å²) in [6, 6.07) is 0.125. The van der Waals surface area contributed by atoms with Crippen LogP contribution < -0.4 is 11.1 Å². The second-order valence-corrected chi connectivity index (χ2v) is 1.71. The van der Waals surface area contributed by atoms with Crippen LogP contribution >= 0.6 is 0 Å². The van der Waals surface area contributed by atoms with E-state index in [1.54, 1.807) is 0 Å². The summed E-state index contributed by atoms with van der Waals surface area (Å²) in [6.45, 7) is 0.495. The molecule has 1 aromatic rings. The SMILES string of the molecule is Nc1ncc(NCCO)o1. The number of nitrogens with zero attached hydrogens (tertiary/aromatic N) is 1. The molecule has 0 aliphatic rings. The van der Waals surface area contributed by atoms with Crippen LogP contribution in [0.1, 0.15) is 0 Å². The van der Waals surface area contributed by atoms with Gasteiger partial charge in [0.25, 0.3) is 6.01 Å². The topological polar surface area (TPSA) is 84.3 Å². The Morgan fingerprint density at radius 3 is 3.10 bits per heavy atom. The Morgan fingerprint density at radius 2 is 2.60 bits per heavy atom. The second-order valence-electron chi connectivity index (χ2n) is 1.71. The van der Waals surface area contributed by atoms with Crippen molar-refractivity contribution >= 4 is 11.9 Å². The van der Waals surface area contributed by atoms with E-state index in [4.69, 9.17) is 15.3 Å². The molecule has 1 heterocycles. The second kappa shape index (κ2) is 3.07. The lowest BCUT2D eigenvalue weighted by Gasteiger charge is -1.95. The molecule has 1 rings (SSSR count). The first kappa shape index (κ1) is 6.88. The Bertz CT molecular complexity index is 199. The highest BCUT2D eigenvalue weighted by Crippen LogP contribution is 2.08. The molecule has 0 radical (unpaired) electrons. The van der Waals surface area contributed by atoms with Crippen molar-refractivity contribution in [1.29, 1.82) is 0 Å². The number of nitrogens with two attached hydrogens (primary N) is 1. The van der Waals surface area contributed by atoms with Crippen molar-refractivity contribution in [2.75, 3.05) is 24.2 Å². The van der Waals surface area contributed by atoms with E-state index < -0.39 is 0 Å².